The molecule has 0 aliphatic heterocycles. The van der Waals surface area contributed by atoms with E-state index in [1.807, 2.05) is 13.8 Å². The molecule has 0 bridgehead atoms. The molecule has 58 valence electrons. The number of rotatable bonds is 4. The summed E-state index contributed by atoms with van der Waals surface area (Å²) in [5.41, 5.74) is 0. The molecule has 1 unspecified atom stereocenters. The van der Waals surface area contributed by atoms with Crippen molar-refractivity contribution in [3.63, 3.8) is 0 Å². The van der Waals surface area contributed by atoms with Gasteiger partial charge in [-0.25, -0.2) is 5.84 Å². The van der Waals surface area contributed by atoms with Crippen molar-refractivity contribution in [3.8, 4) is 0 Å². The summed E-state index contributed by atoms with van der Waals surface area (Å²) in [6, 6.07) is 0.283. The van der Waals surface area contributed by atoms with Crippen molar-refractivity contribution in [2.75, 3.05) is 0 Å². The lowest BCUT2D eigenvalue weighted by Gasteiger charge is -2.04. The standard InChI is InChI=1S/C6H14N4/c1-3-6(2)9-5-10(8)4-7/h4-7H,3,8H2,1-2H3. The third-order valence-corrected chi connectivity index (χ3v) is 1.19. The van der Waals surface area contributed by atoms with Gasteiger partial charge >= 0.3 is 0 Å². The van der Waals surface area contributed by atoms with Crippen molar-refractivity contribution in [3.05, 3.63) is 0 Å². The van der Waals surface area contributed by atoms with Gasteiger partial charge in [-0.2, -0.15) is 0 Å². The summed E-state index contributed by atoms with van der Waals surface area (Å²) in [5.74, 6) is 5.22. The molecule has 0 aromatic rings. The Balaban J connectivity index is 3.62. The van der Waals surface area contributed by atoms with Gasteiger partial charge in [0.1, 0.15) is 12.7 Å². The van der Waals surface area contributed by atoms with E-state index in [1.165, 1.54) is 6.34 Å². The van der Waals surface area contributed by atoms with Gasteiger partial charge in [-0.1, -0.05) is 6.92 Å². The SMILES string of the molecule is CCC(C)N=CN(N)C=N. The van der Waals surface area contributed by atoms with Gasteiger partial charge in [0, 0.05) is 6.04 Å². The van der Waals surface area contributed by atoms with Crippen LogP contribution >= 0.6 is 0 Å². The summed E-state index contributed by atoms with van der Waals surface area (Å²) < 4.78 is 0. The highest BCUT2D eigenvalue weighted by molar-refractivity contribution is 5.72. The smallest absolute Gasteiger partial charge is 0.105 e. The molecular weight excluding hydrogens is 128 g/mol. The highest BCUT2D eigenvalue weighted by atomic mass is 15.4. The van der Waals surface area contributed by atoms with Crippen LogP contribution in [0.3, 0.4) is 0 Å². The van der Waals surface area contributed by atoms with Gasteiger partial charge in [-0.05, 0) is 13.3 Å². The van der Waals surface area contributed by atoms with Crippen LogP contribution in [-0.4, -0.2) is 23.7 Å². The lowest BCUT2D eigenvalue weighted by molar-refractivity contribution is 0.657. The van der Waals surface area contributed by atoms with Crippen molar-refractivity contribution in [1.29, 1.82) is 5.41 Å². The van der Waals surface area contributed by atoms with Crippen LogP contribution in [0.5, 0.6) is 0 Å². The average Bonchev–Trinajstić information content (AvgIpc) is 1.99. The molecule has 0 aliphatic carbocycles. The summed E-state index contributed by atoms with van der Waals surface area (Å²) in [7, 11) is 0. The van der Waals surface area contributed by atoms with E-state index in [4.69, 9.17) is 11.3 Å². The molecule has 4 nitrogen and oxygen atoms in total. The van der Waals surface area contributed by atoms with Crippen molar-refractivity contribution in [2.45, 2.75) is 26.3 Å². The van der Waals surface area contributed by atoms with E-state index >= 15 is 0 Å². The first kappa shape index (κ1) is 9.10. The molecule has 0 aromatic heterocycles. The Morgan fingerprint density at radius 3 is 2.80 bits per heavy atom. The molecule has 0 amide bonds. The molecule has 0 saturated carbocycles. The van der Waals surface area contributed by atoms with Gasteiger partial charge in [0.05, 0.1) is 0 Å². The molecule has 0 radical (unpaired) electrons. The Labute approximate surface area is 61.2 Å². The van der Waals surface area contributed by atoms with Crippen LogP contribution in [0, 0.1) is 5.41 Å². The largest absolute Gasteiger partial charge is 0.290 e. The van der Waals surface area contributed by atoms with Crippen molar-refractivity contribution >= 4 is 12.7 Å². The first-order chi connectivity index (χ1) is 4.70. The molecule has 0 aromatic carbocycles. The lowest BCUT2D eigenvalue weighted by atomic mass is 10.3. The van der Waals surface area contributed by atoms with E-state index in [-0.39, 0.29) is 6.04 Å². The van der Waals surface area contributed by atoms with Gasteiger partial charge in [0.2, 0.25) is 0 Å². The average molecular weight is 142 g/mol. The minimum atomic E-state index is 0.283. The summed E-state index contributed by atoms with van der Waals surface area (Å²) in [6.07, 6.45) is 3.44. The zero-order chi connectivity index (χ0) is 7.98. The number of hydrazine groups is 1. The minimum Gasteiger partial charge on any atom is -0.290 e. The molecular formula is C6H14N4. The molecule has 1 atom stereocenters. The quantitative estimate of drug-likeness (QED) is 0.261. The highest BCUT2D eigenvalue weighted by Gasteiger charge is 1.90. The molecule has 0 aliphatic rings. The predicted octanol–water partition coefficient (Wildman–Crippen LogP) is 0.596. The fraction of sp³-hybridized carbons (Fsp3) is 0.667. The Hall–Kier alpha value is -0.900. The monoisotopic (exact) mass is 142 g/mol. The second kappa shape index (κ2) is 4.93. The Kier molecular flexibility index (Phi) is 4.49. The summed E-state index contributed by atoms with van der Waals surface area (Å²) >= 11 is 0. The lowest BCUT2D eigenvalue weighted by Crippen LogP contribution is -2.27. The fourth-order valence-electron chi connectivity index (χ4n) is 0.330. The number of nitrogens with two attached hydrogens (primary N) is 1. The Morgan fingerprint density at radius 1 is 1.80 bits per heavy atom. The van der Waals surface area contributed by atoms with Crippen molar-refractivity contribution < 1.29 is 0 Å². The van der Waals surface area contributed by atoms with Crippen LogP contribution < -0.4 is 5.84 Å². The van der Waals surface area contributed by atoms with Crippen molar-refractivity contribution in [1.82, 2.24) is 5.01 Å². The zero-order valence-corrected chi connectivity index (χ0v) is 6.41. The number of hydrogen-bond acceptors (Lipinski definition) is 3. The normalized spacial score (nSPS) is 13.5. The van der Waals surface area contributed by atoms with Crippen LogP contribution in [0.25, 0.3) is 0 Å². The second-order valence-electron chi connectivity index (χ2n) is 2.10. The van der Waals surface area contributed by atoms with Crippen LogP contribution in [0.4, 0.5) is 0 Å². The molecule has 0 saturated heterocycles. The Morgan fingerprint density at radius 2 is 2.40 bits per heavy atom. The highest BCUT2D eigenvalue weighted by Crippen LogP contribution is 1.92. The van der Waals surface area contributed by atoms with E-state index in [0.717, 1.165) is 17.8 Å². The van der Waals surface area contributed by atoms with Gasteiger partial charge in [-0.15, -0.1) is 0 Å². The van der Waals surface area contributed by atoms with E-state index in [0.29, 0.717) is 0 Å². The molecule has 10 heavy (non-hydrogen) atoms. The number of aliphatic imine (C=N–C) groups is 1. The van der Waals surface area contributed by atoms with Gasteiger partial charge in [0.25, 0.3) is 0 Å². The number of nitrogens with one attached hydrogen (secondary N) is 1. The summed E-state index contributed by atoms with van der Waals surface area (Å²) in [5, 5.41) is 7.81. The summed E-state index contributed by atoms with van der Waals surface area (Å²) in [4.78, 5) is 4.04. The van der Waals surface area contributed by atoms with Crippen LogP contribution in [0.2, 0.25) is 0 Å². The van der Waals surface area contributed by atoms with E-state index in [9.17, 15) is 0 Å². The molecule has 0 fully saturated rings. The molecule has 4 heteroatoms. The summed E-state index contributed by atoms with van der Waals surface area (Å²) in [6.45, 7) is 4.04. The number of hydrogen-bond donors (Lipinski definition) is 2. The Bertz CT molecular complexity index is 121. The van der Waals surface area contributed by atoms with Crippen LogP contribution in [0.1, 0.15) is 20.3 Å². The minimum absolute atomic E-state index is 0.283. The third-order valence-electron chi connectivity index (χ3n) is 1.19. The maximum atomic E-state index is 6.69. The maximum absolute atomic E-state index is 6.69. The first-order valence-electron chi connectivity index (χ1n) is 3.27. The number of nitrogens with zero attached hydrogens (tertiary/aromatic N) is 2. The topological polar surface area (TPSA) is 65.5 Å². The van der Waals surface area contributed by atoms with Gasteiger partial charge in [0.15, 0.2) is 0 Å². The van der Waals surface area contributed by atoms with E-state index in [2.05, 4.69) is 4.99 Å². The van der Waals surface area contributed by atoms with E-state index in [1.54, 1.807) is 0 Å². The van der Waals surface area contributed by atoms with E-state index < -0.39 is 0 Å². The first-order valence-corrected chi connectivity index (χ1v) is 3.27. The van der Waals surface area contributed by atoms with Crippen molar-refractivity contribution in [2.24, 2.45) is 10.8 Å². The molecule has 3 N–H and O–H groups in total. The maximum Gasteiger partial charge on any atom is 0.105 e. The predicted molar refractivity (Wildman–Crippen MR) is 43.1 cm³/mol. The molecule has 0 heterocycles. The fourth-order valence-corrected chi connectivity index (χ4v) is 0.330. The van der Waals surface area contributed by atoms with Crippen LogP contribution in [0.15, 0.2) is 4.99 Å². The zero-order valence-electron chi connectivity index (χ0n) is 6.41. The third kappa shape index (κ3) is 4.03. The van der Waals surface area contributed by atoms with Gasteiger partial charge < -0.3 is 0 Å². The van der Waals surface area contributed by atoms with Crippen LogP contribution in [-0.2, 0) is 0 Å². The second-order valence-corrected chi connectivity index (χ2v) is 2.10. The molecule has 0 spiro atoms. The van der Waals surface area contributed by atoms with Gasteiger partial charge in [-0.3, -0.25) is 15.4 Å². The molecule has 0 rings (SSSR count).